The highest BCUT2D eigenvalue weighted by molar-refractivity contribution is 5.38. The average molecular weight is 170 g/mol. The zero-order chi connectivity index (χ0) is 9.41. The summed E-state index contributed by atoms with van der Waals surface area (Å²) in [5.41, 5.74) is 0.287. The molecule has 0 aromatic heterocycles. The van der Waals surface area contributed by atoms with Gasteiger partial charge in [-0.25, -0.2) is 0 Å². The normalized spacial score (nSPS) is 27.0. The second-order valence-electron chi connectivity index (χ2n) is 5.09. The maximum Gasteiger partial charge on any atom is 0.293 e. The summed E-state index contributed by atoms with van der Waals surface area (Å²) >= 11 is 0. The van der Waals surface area contributed by atoms with E-state index >= 15 is 0 Å². The topological polar surface area (TPSA) is 26.3 Å². The minimum atomic E-state index is 0.0718. The van der Waals surface area contributed by atoms with E-state index in [0.29, 0.717) is 6.47 Å². The Kier molecular flexibility index (Phi) is 2.19. The molecule has 2 nitrogen and oxygen atoms in total. The van der Waals surface area contributed by atoms with Crippen molar-refractivity contribution in [2.45, 2.75) is 46.6 Å². The maximum absolute atomic E-state index is 10.3. The predicted molar refractivity (Wildman–Crippen MR) is 47.7 cm³/mol. The second kappa shape index (κ2) is 2.75. The minimum absolute atomic E-state index is 0.0718. The fourth-order valence-corrected chi connectivity index (χ4v) is 2.39. The average Bonchev–Trinajstić information content (AvgIpc) is 2.13. The number of ether oxygens (including phenoxy) is 1. The Morgan fingerprint density at radius 3 is 1.92 bits per heavy atom. The standard InChI is InChI=1S/C10H18O2/c1-9(2)5-6-10(3,4)8(9)12-7-11/h7-8H,5-6H2,1-4H3. The Labute approximate surface area is 74.3 Å². The molecule has 0 aliphatic heterocycles. The van der Waals surface area contributed by atoms with E-state index < -0.39 is 0 Å². The molecule has 0 N–H and O–H groups in total. The van der Waals surface area contributed by atoms with Crippen LogP contribution in [-0.4, -0.2) is 12.6 Å². The van der Waals surface area contributed by atoms with Gasteiger partial charge in [0.2, 0.25) is 0 Å². The monoisotopic (exact) mass is 170 g/mol. The summed E-state index contributed by atoms with van der Waals surface area (Å²) in [6.45, 7) is 9.23. The lowest BCUT2D eigenvalue weighted by Crippen LogP contribution is -2.35. The molecule has 0 bridgehead atoms. The van der Waals surface area contributed by atoms with E-state index in [0.717, 1.165) is 12.8 Å². The van der Waals surface area contributed by atoms with Gasteiger partial charge in [0, 0.05) is 10.8 Å². The van der Waals surface area contributed by atoms with Gasteiger partial charge in [-0.05, 0) is 12.8 Å². The van der Waals surface area contributed by atoms with Crippen LogP contribution in [0.2, 0.25) is 0 Å². The molecule has 0 amide bonds. The van der Waals surface area contributed by atoms with E-state index in [1.807, 2.05) is 0 Å². The van der Waals surface area contributed by atoms with Crippen LogP contribution in [0.15, 0.2) is 0 Å². The van der Waals surface area contributed by atoms with E-state index in [1.165, 1.54) is 0 Å². The molecule has 0 aromatic rings. The quantitative estimate of drug-likeness (QED) is 0.595. The first kappa shape index (κ1) is 9.56. The number of rotatable bonds is 2. The highest BCUT2D eigenvalue weighted by Gasteiger charge is 2.48. The number of carbonyl (C=O) groups excluding carboxylic acids is 1. The van der Waals surface area contributed by atoms with Crippen molar-refractivity contribution in [1.82, 2.24) is 0 Å². The fourth-order valence-electron chi connectivity index (χ4n) is 2.39. The van der Waals surface area contributed by atoms with Crippen molar-refractivity contribution in [3.05, 3.63) is 0 Å². The maximum atomic E-state index is 10.3. The van der Waals surface area contributed by atoms with Gasteiger partial charge in [0.15, 0.2) is 0 Å². The van der Waals surface area contributed by atoms with Crippen LogP contribution in [0.4, 0.5) is 0 Å². The molecule has 0 atom stereocenters. The summed E-state index contributed by atoms with van der Waals surface area (Å²) in [6, 6.07) is 0. The molecule has 1 aliphatic carbocycles. The molecular formula is C10H18O2. The molecule has 0 aromatic carbocycles. The van der Waals surface area contributed by atoms with Crippen molar-refractivity contribution >= 4 is 6.47 Å². The predicted octanol–water partition coefficient (Wildman–Crippen LogP) is 2.37. The largest absolute Gasteiger partial charge is 0.463 e. The van der Waals surface area contributed by atoms with Crippen molar-refractivity contribution in [1.29, 1.82) is 0 Å². The van der Waals surface area contributed by atoms with Gasteiger partial charge in [0.05, 0.1) is 0 Å². The molecular weight excluding hydrogens is 152 g/mol. The van der Waals surface area contributed by atoms with E-state index in [1.54, 1.807) is 0 Å². The van der Waals surface area contributed by atoms with Gasteiger partial charge in [-0.15, -0.1) is 0 Å². The highest BCUT2D eigenvalue weighted by Crippen LogP contribution is 2.50. The van der Waals surface area contributed by atoms with Crippen molar-refractivity contribution < 1.29 is 9.53 Å². The summed E-state index contributed by atoms with van der Waals surface area (Å²) in [5.74, 6) is 0. The third-order valence-corrected chi connectivity index (χ3v) is 3.02. The molecule has 1 saturated carbocycles. The third kappa shape index (κ3) is 1.47. The Morgan fingerprint density at radius 1 is 1.17 bits per heavy atom. The first-order valence-electron chi connectivity index (χ1n) is 4.49. The van der Waals surface area contributed by atoms with Crippen LogP contribution in [0, 0.1) is 10.8 Å². The summed E-state index contributed by atoms with van der Waals surface area (Å²) in [7, 11) is 0. The zero-order valence-corrected chi connectivity index (χ0v) is 8.39. The van der Waals surface area contributed by atoms with Crippen molar-refractivity contribution in [3.8, 4) is 0 Å². The fraction of sp³-hybridized carbons (Fsp3) is 0.900. The van der Waals surface area contributed by atoms with Crippen molar-refractivity contribution in [2.75, 3.05) is 0 Å². The Bertz CT molecular complexity index is 166. The Morgan fingerprint density at radius 2 is 1.58 bits per heavy atom. The van der Waals surface area contributed by atoms with Gasteiger partial charge in [0.25, 0.3) is 6.47 Å². The first-order chi connectivity index (χ1) is 5.40. The molecule has 12 heavy (non-hydrogen) atoms. The summed E-state index contributed by atoms with van der Waals surface area (Å²) in [5, 5.41) is 0. The minimum Gasteiger partial charge on any atom is -0.463 e. The Hall–Kier alpha value is -0.530. The van der Waals surface area contributed by atoms with Crippen LogP contribution >= 0.6 is 0 Å². The molecule has 1 aliphatic rings. The molecule has 0 saturated heterocycles. The van der Waals surface area contributed by atoms with Crippen LogP contribution in [0.5, 0.6) is 0 Å². The molecule has 2 heteroatoms. The molecule has 70 valence electrons. The molecule has 0 heterocycles. The van der Waals surface area contributed by atoms with Gasteiger partial charge in [-0.3, -0.25) is 4.79 Å². The van der Waals surface area contributed by atoms with Crippen molar-refractivity contribution in [2.24, 2.45) is 10.8 Å². The van der Waals surface area contributed by atoms with Gasteiger partial charge in [0.1, 0.15) is 6.10 Å². The number of carbonyl (C=O) groups is 1. The lowest BCUT2D eigenvalue weighted by atomic mass is 9.81. The summed E-state index contributed by atoms with van der Waals surface area (Å²) in [4.78, 5) is 10.3. The summed E-state index contributed by atoms with van der Waals surface area (Å²) in [6.07, 6.45) is 2.35. The molecule has 0 spiro atoms. The van der Waals surface area contributed by atoms with E-state index in [2.05, 4.69) is 27.7 Å². The van der Waals surface area contributed by atoms with Crippen LogP contribution in [0.3, 0.4) is 0 Å². The lowest BCUT2D eigenvalue weighted by Gasteiger charge is -2.33. The van der Waals surface area contributed by atoms with E-state index in [-0.39, 0.29) is 16.9 Å². The van der Waals surface area contributed by atoms with Crippen LogP contribution in [-0.2, 0) is 9.53 Å². The van der Waals surface area contributed by atoms with Gasteiger partial charge >= 0.3 is 0 Å². The van der Waals surface area contributed by atoms with Gasteiger partial charge in [-0.2, -0.15) is 0 Å². The second-order valence-corrected chi connectivity index (χ2v) is 5.09. The number of hydrogen-bond donors (Lipinski definition) is 0. The summed E-state index contributed by atoms with van der Waals surface area (Å²) < 4.78 is 5.15. The first-order valence-corrected chi connectivity index (χ1v) is 4.49. The Balaban J connectivity index is 2.80. The number of hydrogen-bond acceptors (Lipinski definition) is 2. The highest BCUT2D eigenvalue weighted by atomic mass is 16.5. The van der Waals surface area contributed by atoms with E-state index in [4.69, 9.17) is 4.74 Å². The lowest BCUT2D eigenvalue weighted by molar-refractivity contribution is -0.144. The van der Waals surface area contributed by atoms with Crippen LogP contribution in [0.25, 0.3) is 0 Å². The van der Waals surface area contributed by atoms with Gasteiger partial charge < -0.3 is 4.74 Å². The van der Waals surface area contributed by atoms with Crippen molar-refractivity contribution in [3.63, 3.8) is 0 Å². The van der Waals surface area contributed by atoms with Crippen LogP contribution in [0.1, 0.15) is 40.5 Å². The third-order valence-electron chi connectivity index (χ3n) is 3.02. The zero-order valence-electron chi connectivity index (χ0n) is 8.39. The van der Waals surface area contributed by atoms with Gasteiger partial charge in [-0.1, -0.05) is 27.7 Å². The smallest absolute Gasteiger partial charge is 0.293 e. The van der Waals surface area contributed by atoms with Crippen LogP contribution < -0.4 is 0 Å². The SMILES string of the molecule is CC1(C)CCC(C)(C)C1OC=O. The molecule has 1 fully saturated rings. The molecule has 0 unspecified atom stereocenters. The van der Waals surface area contributed by atoms with E-state index in [9.17, 15) is 4.79 Å². The molecule has 1 rings (SSSR count). The molecule has 0 radical (unpaired) electrons.